The third-order valence-corrected chi connectivity index (χ3v) is 4.81. The van der Waals surface area contributed by atoms with Gasteiger partial charge in [0.15, 0.2) is 0 Å². The molecule has 1 fully saturated rings. The first-order valence-corrected chi connectivity index (χ1v) is 8.66. The average molecular weight is 398 g/mol. The predicted molar refractivity (Wildman–Crippen MR) is 98.9 cm³/mol. The fourth-order valence-corrected chi connectivity index (χ4v) is 3.23. The van der Waals surface area contributed by atoms with E-state index in [0.29, 0.717) is 23.4 Å². The molecule has 3 rings (SSSR count). The van der Waals surface area contributed by atoms with Crippen LogP contribution in [-0.2, 0) is 9.59 Å². The first-order valence-electron chi connectivity index (χ1n) is 7.86. The van der Waals surface area contributed by atoms with E-state index in [4.69, 9.17) is 5.26 Å². The van der Waals surface area contributed by atoms with Crippen LogP contribution in [0.1, 0.15) is 17.5 Å². The number of para-hydroxylation sites is 1. The molecule has 1 saturated carbocycles. The molecule has 0 radical (unpaired) electrons. The number of anilines is 2. The first kappa shape index (κ1) is 17.2. The lowest BCUT2D eigenvalue weighted by atomic mass is 10.2. The van der Waals surface area contributed by atoms with E-state index >= 15 is 0 Å². The van der Waals surface area contributed by atoms with E-state index in [9.17, 15) is 9.59 Å². The zero-order valence-corrected chi connectivity index (χ0v) is 15.1. The Labute approximate surface area is 154 Å². The smallest absolute Gasteiger partial charge is 0.228 e. The van der Waals surface area contributed by atoms with Crippen LogP contribution in [-0.4, -0.2) is 11.8 Å². The van der Waals surface area contributed by atoms with Gasteiger partial charge in [0.2, 0.25) is 11.8 Å². The summed E-state index contributed by atoms with van der Waals surface area (Å²) in [7, 11) is 0. The van der Waals surface area contributed by atoms with Gasteiger partial charge in [-0.1, -0.05) is 18.2 Å². The monoisotopic (exact) mass is 397 g/mol. The first-order chi connectivity index (χ1) is 12.0. The Balaban J connectivity index is 1.61. The fourth-order valence-electron chi connectivity index (χ4n) is 2.64. The maximum absolute atomic E-state index is 12.3. The molecule has 0 aromatic heterocycles. The third-order valence-electron chi connectivity index (χ3n) is 4.15. The number of carbonyl (C=O) groups is 2. The Bertz CT molecular complexity index is 888. The number of hydrogen-bond acceptors (Lipinski definition) is 3. The maximum Gasteiger partial charge on any atom is 0.228 e. The van der Waals surface area contributed by atoms with E-state index < -0.39 is 0 Å². The Hall–Kier alpha value is -2.65. The van der Waals surface area contributed by atoms with Crippen LogP contribution < -0.4 is 10.6 Å². The SMILES string of the molecule is Cc1ccc(NC(=O)C2CC2C(=O)Nc2ccccc2C#N)c(Br)c1. The number of hydrogen-bond donors (Lipinski definition) is 2. The van der Waals surface area contributed by atoms with Crippen molar-refractivity contribution in [1.82, 2.24) is 0 Å². The molecule has 2 unspecified atom stereocenters. The molecule has 2 atom stereocenters. The second-order valence-electron chi connectivity index (χ2n) is 6.07. The highest BCUT2D eigenvalue weighted by Crippen LogP contribution is 2.40. The fraction of sp³-hybridized carbons (Fsp3) is 0.211. The molecule has 0 spiro atoms. The van der Waals surface area contributed by atoms with E-state index in [1.165, 1.54) is 0 Å². The molecule has 2 N–H and O–H groups in total. The highest BCUT2D eigenvalue weighted by molar-refractivity contribution is 9.10. The molecular weight excluding hydrogens is 382 g/mol. The van der Waals surface area contributed by atoms with Crippen molar-refractivity contribution in [2.45, 2.75) is 13.3 Å². The number of rotatable bonds is 4. The molecule has 6 heteroatoms. The van der Waals surface area contributed by atoms with Gasteiger partial charge in [-0.3, -0.25) is 9.59 Å². The van der Waals surface area contributed by atoms with E-state index in [0.717, 1.165) is 10.0 Å². The van der Waals surface area contributed by atoms with Gasteiger partial charge < -0.3 is 10.6 Å². The van der Waals surface area contributed by atoms with Gasteiger partial charge in [0.25, 0.3) is 0 Å². The summed E-state index contributed by atoms with van der Waals surface area (Å²) < 4.78 is 0.811. The van der Waals surface area contributed by atoms with Crippen molar-refractivity contribution < 1.29 is 9.59 Å². The van der Waals surface area contributed by atoms with Crippen molar-refractivity contribution >= 4 is 39.1 Å². The zero-order valence-electron chi connectivity index (χ0n) is 13.5. The predicted octanol–water partition coefficient (Wildman–Crippen LogP) is 3.84. The summed E-state index contributed by atoms with van der Waals surface area (Å²) in [5, 5.41) is 14.7. The molecule has 0 bridgehead atoms. The lowest BCUT2D eigenvalue weighted by molar-refractivity contribution is -0.122. The van der Waals surface area contributed by atoms with E-state index in [-0.39, 0.29) is 23.7 Å². The minimum absolute atomic E-state index is 0.168. The second-order valence-corrected chi connectivity index (χ2v) is 6.92. The summed E-state index contributed by atoms with van der Waals surface area (Å²) in [5.74, 6) is -1.11. The quantitative estimate of drug-likeness (QED) is 0.821. The van der Waals surface area contributed by atoms with Gasteiger partial charge >= 0.3 is 0 Å². The van der Waals surface area contributed by atoms with Crippen molar-refractivity contribution in [1.29, 1.82) is 5.26 Å². The highest BCUT2D eigenvalue weighted by atomic mass is 79.9. The Morgan fingerprint density at radius 2 is 1.72 bits per heavy atom. The average Bonchev–Trinajstić information content (AvgIpc) is 3.39. The third kappa shape index (κ3) is 3.89. The van der Waals surface area contributed by atoms with Crippen LogP contribution in [0, 0.1) is 30.1 Å². The Kier molecular flexibility index (Phi) is 4.86. The molecule has 0 saturated heterocycles. The summed E-state index contributed by atoms with van der Waals surface area (Å²) in [6, 6.07) is 14.5. The van der Waals surface area contributed by atoms with E-state index in [1.54, 1.807) is 24.3 Å². The van der Waals surface area contributed by atoms with Gasteiger partial charge in [-0.2, -0.15) is 5.26 Å². The molecule has 2 amide bonds. The van der Waals surface area contributed by atoms with E-state index in [2.05, 4.69) is 26.6 Å². The van der Waals surface area contributed by atoms with Crippen molar-refractivity contribution in [2.75, 3.05) is 10.6 Å². The Morgan fingerprint density at radius 3 is 2.36 bits per heavy atom. The molecule has 126 valence electrons. The lowest BCUT2D eigenvalue weighted by Crippen LogP contribution is -2.21. The second kappa shape index (κ2) is 7.08. The molecule has 5 nitrogen and oxygen atoms in total. The van der Waals surface area contributed by atoms with Crippen molar-refractivity contribution in [3.8, 4) is 6.07 Å². The molecule has 1 aliphatic rings. The topological polar surface area (TPSA) is 82.0 Å². The maximum atomic E-state index is 12.3. The highest BCUT2D eigenvalue weighted by Gasteiger charge is 2.48. The number of benzene rings is 2. The number of aryl methyl sites for hydroxylation is 1. The van der Waals surface area contributed by atoms with Crippen molar-refractivity contribution in [2.24, 2.45) is 11.8 Å². The summed E-state index contributed by atoms with van der Waals surface area (Å²) >= 11 is 3.42. The number of nitrogens with zero attached hydrogens (tertiary/aromatic N) is 1. The number of carbonyl (C=O) groups excluding carboxylic acids is 2. The van der Waals surface area contributed by atoms with Gasteiger partial charge in [0.05, 0.1) is 28.8 Å². The van der Waals surface area contributed by atoms with Gasteiger partial charge in [0, 0.05) is 4.47 Å². The molecule has 1 aliphatic carbocycles. The van der Waals surface area contributed by atoms with Gasteiger partial charge in [0.1, 0.15) is 6.07 Å². The van der Waals surface area contributed by atoms with Crippen LogP contribution in [0.2, 0.25) is 0 Å². The summed E-state index contributed by atoms with van der Waals surface area (Å²) in [6.07, 6.45) is 0.510. The van der Waals surface area contributed by atoms with Crippen molar-refractivity contribution in [3.63, 3.8) is 0 Å². The number of halogens is 1. The van der Waals surface area contributed by atoms with E-state index in [1.807, 2.05) is 31.2 Å². The molecule has 0 heterocycles. The van der Waals surface area contributed by atoms with Gasteiger partial charge in [-0.05, 0) is 59.1 Å². The van der Waals surface area contributed by atoms with Gasteiger partial charge in [-0.15, -0.1) is 0 Å². The summed E-state index contributed by atoms with van der Waals surface area (Å²) in [5.41, 5.74) is 2.66. The lowest BCUT2D eigenvalue weighted by Gasteiger charge is -2.09. The number of amides is 2. The van der Waals surface area contributed by atoms with Crippen LogP contribution in [0.3, 0.4) is 0 Å². The number of nitrogens with one attached hydrogen (secondary N) is 2. The van der Waals surface area contributed by atoms with Crippen LogP contribution in [0.25, 0.3) is 0 Å². The van der Waals surface area contributed by atoms with Crippen LogP contribution in [0.5, 0.6) is 0 Å². The Morgan fingerprint density at radius 1 is 1.08 bits per heavy atom. The van der Waals surface area contributed by atoms with Crippen LogP contribution in [0.4, 0.5) is 11.4 Å². The van der Waals surface area contributed by atoms with Crippen molar-refractivity contribution in [3.05, 3.63) is 58.1 Å². The molecule has 0 aliphatic heterocycles. The van der Waals surface area contributed by atoms with Crippen LogP contribution in [0.15, 0.2) is 46.9 Å². The number of nitriles is 1. The normalized spacial score (nSPS) is 18.1. The zero-order chi connectivity index (χ0) is 18.0. The molecule has 2 aromatic carbocycles. The standard InChI is InChI=1S/C19H16BrN3O2/c1-11-6-7-17(15(20)8-11)23-19(25)14-9-13(14)18(24)22-16-5-3-2-4-12(16)10-21/h2-8,13-14H,9H2,1H3,(H,22,24)(H,23,25). The van der Waals surface area contributed by atoms with Gasteiger partial charge in [-0.25, -0.2) is 0 Å². The minimum Gasteiger partial charge on any atom is -0.325 e. The molecule has 2 aromatic rings. The minimum atomic E-state index is -0.365. The summed E-state index contributed by atoms with van der Waals surface area (Å²) in [4.78, 5) is 24.6. The molecular formula is C19H16BrN3O2. The summed E-state index contributed by atoms with van der Waals surface area (Å²) in [6.45, 7) is 1.97. The van der Waals surface area contributed by atoms with Crippen LogP contribution >= 0.6 is 15.9 Å². The largest absolute Gasteiger partial charge is 0.325 e. The molecule has 25 heavy (non-hydrogen) atoms.